The highest BCUT2D eigenvalue weighted by molar-refractivity contribution is 5.65. The minimum atomic E-state index is 0.571. The van der Waals surface area contributed by atoms with Gasteiger partial charge in [0.2, 0.25) is 0 Å². The smallest absolute Gasteiger partial charge is 0.252 e. The van der Waals surface area contributed by atoms with Gasteiger partial charge in [-0.1, -0.05) is 12.1 Å². The van der Waals surface area contributed by atoms with Crippen molar-refractivity contribution in [3.05, 3.63) is 66.1 Å². The van der Waals surface area contributed by atoms with Gasteiger partial charge < -0.3 is 14.2 Å². The van der Waals surface area contributed by atoms with E-state index in [0.29, 0.717) is 17.3 Å². The SMILES string of the molecule is COc1ccc(CCc2nc3nccc(-c4ccc(OC)c(OC)c4)n3n2)cc1. The van der Waals surface area contributed by atoms with Crippen LogP contribution in [0.4, 0.5) is 0 Å². The number of methoxy groups -OCH3 is 3. The van der Waals surface area contributed by atoms with Crippen LogP contribution in [0.1, 0.15) is 11.4 Å². The van der Waals surface area contributed by atoms with E-state index in [1.54, 1.807) is 32.0 Å². The molecule has 148 valence electrons. The van der Waals surface area contributed by atoms with E-state index in [9.17, 15) is 0 Å². The molecule has 0 bridgehead atoms. The molecule has 7 nitrogen and oxygen atoms in total. The molecule has 0 aliphatic carbocycles. The van der Waals surface area contributed by atoms with Crippen molar-refractivity contribution in [2.24, 2.45) is 0 Å². The number of nitrogens with zero attached hydrogens (tertiary/aromatic N) is 4. The van der Waals surface area contributed by atoms with Crippen molar-refractivity contribution in [2.75, 3.05) is 21.3 Å². The Bertz CT molecular complexity index is 1120. The van der Waals surface area contributed by atoms with Crippen molar-refractivity contribution in [3.63, 3.8) is 0 Å². The molecular weight excluding hydrogens is 368 g/mol. The summed E-state index contributed by atoms with van der Waals surface area (Å²) >= 11 is 0. The summed E-state index contributed by atoms with van der Waals surface area (Å²) in [6, 6.07) is 15.7. The van der Waals surface area contributed by atoms with Gasteiger partial charge in [-0.25, -0.2) is 4.98 Å². The molecule has 4 aromatic rings. The van der Waals surface area contributed by atoms with Gasteiger partial charge in [0.15, 0.2) is 17.3 Å². The second-order valence-electron chi connectivity index (χ2n) is 6.49. The monoisotopic (exact) mass is 390 g/mol. The van der Waals surface area contributed by atoms with Gasteiger partial charge in [-0.05, 0) is 48.4 Å². The van der Waals surface area contributed by atoms with Gasteiger partial charge >= 0.3 is 0 Å². The topological polar surface area (TPSA) is 70.8 Å². The largest absolute Gasteiger partial charge is 0.497 e. The maximum Gasteiger partial charge on any atom is 0.252 e. The molecule has 0 amide bonds. The van der Waals surface area contributed by atoms with E-state index in [1.165, 1.54) is 5.56 Å². The average Bonchev–Trinajstić information content (AvgIpc) is 3.20. The molecule has 0 radical (unpaired) electrons. The standard InChI is InChI=1S/C22H22N4O3/c1-27-17-8-4-15(5-9-17)6-11-21-24-22-23-13-12-18(26(22)25-21)16-7-10-19(28-2)20(14-16)29-3/h4-5,7-10,12-14H,6,11H2,1-3H3. The average molecular weight is 390 g/mol. The Hall–Kier alpha value is -3.61. The van der Waals surface area contributed by atoms with Crippen molar-refractivity contribution >= 4 is 5.78 Å². The lowest BCUT2D eigenvalue weighted by Crippen LogP contribution is -1.98. The van der Waals surface area contributed by atoms with Gasteiger partial charge in [-0.3, -0.25) is 0 Å². The molecule has 7 heteroatoms. The van der Waals surface area contributed by atoms with Crippen LogP contribution in [0.3, 0.4) is 0 Å². The zero-order valence-electron chi connectivity index (χ0n) is 16.6. The van der Waals surface area contributed by atoms with Crippen LogP contribution in [-0.2, 0) is 12.8 Å². The number of rotatable bonds is 7. The summed E-state index contributed by atoms with van der Waals surface area (Å²) in [4.78, 5) is 8.94. The molecule has 0 fully saturated rings. The fraction of sp³-hybridized carbons (Fsp3) is 0.227. The minimum Gasteiger partial charge on any atom is -0.497 e. The summed E-state index contributed by atoms with van der Waals surface area (Å²) in [5.41, 5.74) is 3.04. The number of aryl methyl sites for hydroxylation is 2. The number of benzene rings is 2. The Morgan fingerprint density at radius 2 is 1.62 bits per heavy atom. The van der Waals surface area contributed by atoms with Gasteiger partial charge in [0.05, 0.1) is 27.0 Å². The molecule has 0 atom stereocenters. The molecule has 2 heterocycles. The molecular formula is C22H22N4O3. The highest BCUT2D eigenvalue weighted by atomic mass is 16.5. The third-order valence-corrected chi connectivity index (χ3v) is 4.76. The van der Waals surface area contributed by atoms with Crippen molar-refractivity contribution in [3.8, 4) is 28.5 Å². The van der Waals surface area contributed by atoms with Crippen LogP contribution in [0, 0.1) is 0 Å². The molecule has 0 saturated carbocycles. The van der Waals surface area contributed by atoms with Crippen LogP contribution >= 0.6 is 0 Å². The predicted octanol–water partition coefficient (Wildman–Crippen LogP) is 3.60. The highest BCUT2D eigenvalue weighted by Gasteiger charge is 2.12. The Morgan fingerprint density at radius 3 is 2.34 bits per heavy atom. The van der Waals surface area contributed by atoms with E-state index in [-0.39, 0.29) is 0 Å². The first-order valence-electron chi connectivity index (χ1n) is 9.28. The molecule has 0 unspecified atom stereocenters. The quantitative estimate of drug-likeness (QED) is 0.480. The maximum atomic E-state index is 5.42. The Kier molecular flexibility index (Phi) is 5.29. The third kappa shape index (κ3) is 3.85. The normalized spacial score (nSPS) is 10.9. The minimum absolute atomic E-state index is 0.571. The summed E-state index contributed by atoms with van der Waals surface area (Å²) in [6.45, 7) is 0. The summed E-state index contributed by atoms with van der Waals surface area (Å²) in [5, 5.41) is 4.68. The Morgan fingerprint density at radius 1 is 0.828 bits per heavy atom. The van der Waals surface area contributed by atoms with Crippen molar-refractivity contribution in [2.45, 2.75) is 12.8 Å². The summed E-state index contributed by atoms with van der Waals surface area (Å²) in [6.07, 6.45) is 3.30. The van der Waals surface area contributed by atoms with Crippen LogP contribution in [0.5, 0.6) is 17.2 Å². The first kappa shape index (κ1) is 18.7. The molecule has 2 aromatic heterocycles. The van der Waals surface area contributed by atoms with Gasteiger partial charge in [-0.15, -0.1) is 5.10 Å². The molecule has 29 heavy (non-hydrogen) atoms. The number of fused-ring (bicyclic) bond motifs is 1. The molecule has 0 N–H and O–H groups in total. The van der Waals surface area contributed by atoms with Gasteiger partial charge in [-0.2, -0.15) is 9.50 Å². The lowest BCUT2D eigenvalue weighted by atomic mass is 10.1. The van der Waals surface area contributed by atoms with Gasteiger partial charge in [0, 0.05) is 18.2 Å². The summed E-state index contributed by atoms with van der Waals surface area (Å²) in [5.74, 6) is 3.52. The lowest BCUT2D eigenvalue weighted by molar-refractivity contribution is 0.355. The number of hydrogen-bond acceptors (Lipinski definition) is 6. The molecule has 2 aromatic carbocycles. The van der Waals surface area contributed by atoms with E-state index in [1.807, 2.05) is 36.4 Å². The highest BCUT2D eigenvalue weighted by Crippen LogP contribution is 2.32. The Balaban J connectivity index is 1.61. The molecule has 0 spiro atoms. The zero-order valence-corrected chi connectivity index (χ0v) is 16.6. The number of hydrogen-bond donors (Lipinski definition) is 0. The van der Waals surface area contributed by atoms with Crippen molar-refractivity contribution < 1.29 is 14.2 Å². The van der Waals surface area contributed by atoms with E-state index >= 15 is 0 Å². The van der Waals surface area contributed by atoms with Crippen LogP contribution in [0.25, 0.3) is 17.0 Å². The van der Waals surface area contributed by atoms with Crippen LogP contribution < -0.4 is 14.2 Å². The van der Waals surface area contributed by atoms with E-state index in [0.717, 1.165) is 35.7 Å². The van der Waals surface area contributed by atoms with Crippen LogP contribution in [0.2, 0.25) is 0 Å². The summed E-state index contributed by atoms with van der Waals surface area (Å²) < 4.78 is 17.7. The first-order valence-corrected chi connectivity index (χ1v) is 9.28. The maximum absolute atomic E-state index is 5.42. The molecule has 4 rings (SSSR count). The van der Waals surface area contributed by atoms with E-state index in [2.05, 4.69) is 27.2 Å². The van der Waals surface area contributed by atoms with Crippen LogP contribution in [-0.4, -0.2) is 40.9 Å². The van der Waals surface area contributed by atoms with Crippen molar-refractivity contribution in [1.82, 2.24) is 19.6 Å². The van der Waals surface area contributed by atoms with Gasteiger partial charge in [0.1, 0.15) is 5.75 Å². The van der Waals surface area contributed by atoms with Gasteiger partial charge in [0.25, 0.3) is 5.78 Å². The van der Waals surface area contributed by atoms with E-state index < -0.39 is 0 Å². The van der Waals surface area contributed by atoms with E-state index in [4.69, 9.17) is 14.2 Å². The molecule has 0 saturated heterocycles. The third-order valence-electron chi connectivity index (χ3n) is 4.76. The Labute approximate surface area is 168 Å². The predicted molar refractivity (Wildman–Crippen MR) is 110 cm³/mol. The number of ether oxygens (including phenoxy) is 3. The van der Waals surface area contributed by atoms with Crippen LogP contribution in [0.15, 0.2) is 54.7 Å². The zero-order chi connectivity index (χ0) is 20.2. The summed E-state index contributed by atoms with van der Waals surface area (Å²) in [7, 11) is 4.91. The fourth-order valence-corrected chi connectivity index (χ4v) is 3.20. The van der Waals surface area contributed by atoms with Crippen molar-refractivity contribution in [1.29, 1.82) is 0 Å². The molecule has 0 aliphatic heterocycles. The first-order chi connectivity index (χ1) is 14.2. The number of aromatic nitrogens is 4. The fourth-order valence-electron chi connectivity index (χ4n) is 3.20. The second kappa shape index (κ2) is 8.18. The molecule has 0 aliphatic rings. The second-order valence-corrected chi connectivity index (χ2v) is 6.49. The lowest BCUT2D eigenvalue weighted by Gasteiger charge is -2.10.